The molecule has 4 rings (SSSR count). The molecule has 1 aliphatic rings. The molecule has 5 nitrogen and oxygen atoms in total. The van der Waals surface area contributed by atoms with E-state index in [4.69, 9.17) is 14.7 Å². The molecule has 5 heteroatoms. The molecule has 2 N–H and O–H groups in total. The Morgan fingerprint density at radius 3 is 2.92 bits per heavy atom. The number of hydrogen-bond acceptors (Lipinski definition) is 4. The van der Waals surface area contributed by atoms with Gasteiger partial charge in [0.05, 0.1) is 22.8 Å². The molecule has 1 aliphatic heterocycles. The van der Waals surface area contributed by atoms with Crippen molar-refractivity contribution in [2.45, 2.75) is 33.1 Å². The Kier molecular flexibility index (Phi) is 4.61. The Bertz CT molecular complexity index is 916. The van der Waals surface area contributed by atoms with Gasteiger partial charge in [0.2, 0.25) is 0 Å². The van der Waals surface area contributed by atoms with E-state index in [-0.39, 0.29) is 0 Å². The predicted molar refractivity (Wildman–Crippen MR) is 105 cm³/mol. The van der Waals surface area contributed by atoms with Crippen LogP contribution in [0.2, 0.25) is 0 Å². The number of rotatable bonds is 5. The van der Waals surface area contributed by atoms with Crippen LogP contribution in [0.1, 0.15) is 31.3 Å². The third kappa shape index (κ3) is 3.29. The van der Waals surface area contributed by atoms with E-state index in [1.54, 1.807) is 0 Å². The fourth-order valence-electron chi connectivity index (χ4n) is 3.25. The van der Waals surface area contributed by atoms with Gasteiger partial charge in [-0.2, -0.15) is 0 Å². The fourth-order valence-corrected chi connectivity index (χ4v) is 3.25. The van der Waals surface area contributed by atoms with Gasteiger partial charge in [-0.3, -0.25) is 4.98 Å². The SMILES string of the molecule is CCCCc1nc(-c2ccc3c(c2)NCCO3)c(-c2cccc(C)n2)[nH]1. The predicted octanol–water partition coefficient (Wildman–Crippen LogP) is 4.59. The summed E-state index contributed by atoms with van der Waals surface area (Å²) in [7, 11) is 0. The van der Waals surface area contributed by atoms with Gasteiger partial charge in [-0.1, -0.05) is 19.4 Å². The molecule has 134 valence electrons. The first-order valence-corrected chi connectivity index (χ1v) is 9.28. The number of anilines is 1. The highest BCUT2D eigenvalue weighted by Crippen LogP contribution is 2.35. The van der Waals surface area contributed by atoms with Gasteiger partial charge in [-0.05, 0) is 43.7 Å². The second-order valence-electron chi connectivity index (χ2n) is 6.66. The molecule has 3 heterocycles. The third-order valence-corrected chi connectivity index (χ3v) is 4.59. The molecule has 0 saturated heterocycles. The Morgan fingerprint density at radius 2 is 2.08 bits per heavy atom. The van der Waals surface area contributed by atoms with Gasteiger partial charge < -0.3 is 15.0 Å². The highest BCUT2D eigenvalue weighted by atomic mass is 16.5. The van der Waals surface area contributed by atoms with E-state index in [9.17, 15) is 0 Å². The maximum absolute atomic E-state index is 5.70. The van der Waals surface area contributed by atoms with Gasteiger partial charge in [-0.15, -0.1) is 0 Å². The van der Waals surface area contributed by atoms with E-state index >= 15 is 0 Å². The number of nitrogens with one attached hydrogen (secondary N) is 2. The summed E-state index contributed by atoms with van der Waals surface area (Å²) in [6, 6.07) is 12.3. The van der Waals surface area contributed by atoms with Crippen molar-refractivity contribution in [1.29, 1.82) is 0 Å². The molecule has 0 fully saturated rings. The Hall–Kier alpha value is -2.82. The maximum atomic E-state index is 5.70. The van der Waals surface area contributed by atoms with Crippen molar-refractivity contribution in [1.82, 2.24) is 15.0 Å². The molecule has 26 heavy (non-hydrogen) atoms. The summed E-state index contributed by atoms with van der Waals surface area (Å²) in [5.41, 5.74) is 5.95. The van der Waals surface area contributed by atoms with Crippen molar-refractivity contribution in [2.24, 2.45) is 0 Å². The second-order valence-corrected chi connectivity index (χ2v) is 6.66. The number of imidazole rings is 1. The summed E-state index contributed by atoms with van der Waals surface area (Å²) < 4.78 is 5.70. The average Bonchev–Trinajstić information content (AvgIpc) is 3.10. The van der Waals surface area contributed by atoms with Crippen LogP contribution < -0.4 is 10.1 Å². The molecule has 0 radical (unpaired) electrons. The molecule has 0 spiro atoms. The summed E-state index contributed by atoms with van der Waals surface area (Å²) >= 11 is 0. The van der Waals surface area contributed by atoms with Crippen LogP contribution in [0, 0.1) is 6.92 Å². The summed E-state index contributed by atoms with van der Waals surface area (Å²) in [5.74, 6) is 1.92. The number of aryl methyl sites for hydroxylation is 2. The molecule has 0 bridgehead atoms. The minimum Gasteiger partial charge on any atom is -0.490 e. The van der Waals surface area contributed by atoms with E-state index in [0.29, 0.717) is 6.61 Å². The lowest BCUT2D eigenvalue weighted by atomic mass is 10.1. The zero-order chi connectivity index (χ0) is 17.9. The lowest BCUT2D eigenvalue weighted by Crippen LogP contribution is -2.17. The smallest absolute Gasteiger partial charge is 0.142 e. The summed E-state index contributed by atoms with van der Waals surface area (Å²) in [4.78, 5) is 13.1. The van der Waals surface area contributed by atoms with Crippen molar-refractivity contribution < 1.29 is 4.74 Å². The molecular formula is C21H24N4O. The highest BCUT2D eigenvalue weighted by molar-refractivity contribution is 5.80. The van der Waals surface area contributed by atoms with Crippen LogP contribution >= 0.6 is 0 Å². The van der Waals surface area contributed by atoms with Gasteiger partial charge >= 0.3 is 0 Å². The fraction of sp³-hybridized carbons (Fsp3) is 0.333. The van der Waals surface area contributed by atoms with Crippen molar-refractivity contribution in [3.05, 3.63) is 47.9 Å². The molecule has 0 atom stereocenters. The number of pyridine rings is 1. The van der Waals surface area contributed by atoms with Crippen LogP contribution in [0.5, 0.6) is 5.75 Å². The van der Waals surface area contributed by atoms with Gasteiger partial charge in [0.25, 0.3) is 0 Å². The third-order valence-electron chi connectivity index (χ3n) is 4.59. The number of aromatic amines is 1. The molecule has 0 amide bonds. The van der Waals surface area contributed by atoms with Crippen LogP contribution in [0.15, 0.2) is 36.4 Å². The number of nitrogens with zero attached hydrogens (tertiary/aromatic N) is 2. The van der Waals surface area contributed by atoms with Gasteiger partial charge in [0.1, 0.15) is 18.2 Å². The van der Waals surface area contributed by atoms with E-state index in [1.807, 2.05) is 31.2 Å². The Balaban J connectivity index is 1.80. The normalized spacial score (nSPS) is 13.0. The number of benzene rings is 1. The van der Waals surface area contributed by atoms with Gasteiger partial charge in [0.15, 0.2) is 0 Å². The van der Waals surface area contributed by atoms with Crippen LogP contribution in [-0.4, -0.2) is 28.1 Å². The number of aromatic nitrogens is 3. The summed E-state index contributed by atoms with van der Waals surface area (Å²) in [6.45, 7) is 5.74. The van der Waals surface area contributed by atoms with E-state index in [0.717, 1.165) is 71.4 Å². The van der Waals surface area contributed by atoms with E-state index in [1.165, 1.54) is 0 Å². The average molecular weight is 348 g/mol. The van der Waals surface area contributed by atoms with Gasteiger partial charge in [-0.25, -0.2) is 4.98 Å². The standard InChI is InChI=1S/C21H24N4O/c1-3-4-8-19-24-20(21(25-19)16-7-5-6-14(2)23-16)15-9-10-18-17(13-15)22-11-12-26-18/h5-7,9-10,13,22H,3-4,8,11-12H2,1-2H3,(H,24,25). The lowest BCUT2D eigenvalue weighted by Gasteiger charge is -2.19. The van der Waals surface area contributed by atoms with Gasteiger partial charge in [0, 0.05) is 24.2 Å². The topological polar surface area (TPSA) is 62.8 Å². The van der Waals surface area contributed by atoms with Crippen LogP contribution in [0.25, 0.3) is 22.6 Å². The first kappa shape index (κ1) is 16.6. The molecular weight excluding hydrogens is 324 g/mol. The van der Waals surface area contributed by atoms with Crippen molar-refractivity contribution in [2.75, 3.05) is 18.5 Å². The lowest BCUT2D eigenvalue weighted by molar-refractivity contribution is 0.323. The van der Waals surface area contributed by atoms with Crippen molar-refractivity contribution in [3.63, 3.8) is 0 Å². The zero-order valence-electron chi connectivity index (χ0n) is 15.3. The molecule has 3 aromatic rings. The number of unbranched alkanes of at least 4 members (excludes halogenated alkanes) is 1. The minimum absolute atomic E-state index is 0.703. The molecule has 2 aromatic heterocycles. The van der Waals surface area contributed by atoms with E-state index < -0.39 is 0 Å². The van der Waals surface area contributed by atoms with Crippen LogP contribution in [0.3, 0.4) is 0 Å². The first-order chi connectivity index (χ1) is 12.7. The quantitative estimate of drug-likeness (QED) is 0.708. The minimum atomic E-state index is 0.703. The molecule has 0 saturated carbocycles. The highest BCUT2D eigenvalue weighted by Gasteiger charge is 2.18. The van der Waals surface area contributed by atoms with E-state index in [2.05, 4.69) is 29.4 Å². The Morgan fingerprint density at radius 1 is 1.15 bits per heavy atom. The largest absolute Gasteiger partial charge is 0.490 e. The monoisotopic (exact) mass is 348 g/mol. The molecule has 0 aliphatic carbocycles. The van der Waals surface area contributed by atoms with Crippen LogP contribution in [0.4, 0.5) is 5.69 Å². The Labute approximate surface area is 153 Å². The van der Waals surface area contributed by atoms with Crippen LogP contribution in [-0.2, 0) is 6.42 Å². The number of hydrogen-bond donors (Lipinski definition) is 2. The molecule has 0 unspecified atom stereocenters. The number of ether oxygens (including phenoxy) is 1. The first-order valence-electron chi connectivity index (χ1n) is 9.28. The second kappa shape index (κ2) is 7.20. The number of fused-ring (bicyclic) bond motifs is 1. The molecule has 1 aromatic carbocycles. The van der Waals surface area contributed by atoms with Crippen molar-refractivity contribution in [3.8, 4) is 28.4 Å². The zero-order valence-corrected chi connectivity index (χ0v) is 15.3. The summed E-state index contributed by atoms with van der Waals surface area (Å²) in [6.07, 6.45) is 3.21. The summed E-state index contributed by atoms with van der Waals surface area (Å²) in [5, 5.41) is 3.40. The maximum Gasteiger partial charge on any atom is 0.142 e. The van der Waals surface area contributed by atoms with Crippen molar-refractivity contribution >= 4 is 5.69 Å². The number of H-pyrrole nitrogens is 1.